The number of nitrogens with two attached hydrogens (primary N) is 1. The van der Waals surface area contributed by atoms with Crippen molar-refractivity contribution in [3.8, 4) is 0 Å². The average Bonchev–Trinajstić information content (AvgIpc) is 2.61. The molecule has 114 valence electrons. The maximum atomic E-state index is 11.8. The van der Waals surface area contributed by atoms with Crippen molar-refractivity contribution in [2.75, 3.05) is 30.5 Å². The van der Waals surface area contributed by atoms with E-state index in [1.54, 1.807) is 0 Å². The summed E-state index contributed by atoms with van der Waals surface area (Å²) in [6.45, 7) is 6.07. The topological polar surface area (TPSA) is 98.5 Å². The standard InChI is InChI=1S/C12H20N2O4S2/c1-7(2)18-6-5-14-12-11(20(4,16)17)9(13)10(19-12)8(3)15/h7,14H,5-6,13H2,1-4H3. The van der Waals surface area contributed by atoms with Gasteiger partial charge in [-0.05, 0) is 13.8 Å². The Labute approximate surface area is 123 Å². The van der Waals surface area contributed by atoms with Crippen molar-refractivity contribution >= 4 is 37.6 Å². The number of ketones is 1. The molecule has 0 atom stereocenters. The summed E-state index contributed by atoms with van der Waals surface area (Å²) in [5.41, 5.74) is 5.81. The van der Waals surface area contributed by atoms with E-state index < -0.39 is 9.84 Å². The molecule has 0 unspecified atom stereocenters. The van der Waals surface area contributed by atoms with Crippen LogP contribution in [0.25, 0.3) is 0 Å². The second kappa shape index (κ2) is 6.55. The Morgan fingerprint density at radius 2 is 2.05 bits per heavy atom. The number of nitrogens with one attached hydrogen (secondary N) is 1. The first-order valence-corrected chi connectivity index (χ1v) is 8.84. The van der Waals surface area contributed by atoms with Crippen LogP contribution < -0.4 is 11.1 Å². The lowest BCUT2D eigenvalue weighted by atomic mass is 10.3. The maximum Gasteiger partial charge on any atom is 0.180 e. The Bertz CT molecular complexity index is 591. The number of thiophene rings is 1. The van der Waals surface area contributed by atoms with Gasteiger partial charge in [0.1, 0.15) is 9.90 Å². The molecule has 0 aliphatic heterocycles. The first kappa shape index (κ1) is 16.9. The number of Topliss-reactive ketones (excluding diaryl/α,β-unsaturated/α-hetero) is 1. The van der Waals surface area contributed by atoms with Crippen LogP contribution in [0.5, 0.6) is 0 Å². The molecule has 0 fully saturated rings. The molecule has 0 aliphatic carbocycles. The minimum Gasteiger partial charge on any atom is -0.396 e. The molecule has 0 bridgehead atoms. The van der Waals surface area contributed by atoms with E-state index in [1.807, 2.05) is 13.8 Å². The Morgan fingerprint density at radius 3 is 2.50 bits per heavy atom. The fourth-order valence-electron chi connectivity index (χ4n) is 1.63. The number of rotatable bonds is 7. The second-order valence-electron chi connectivity index (χ2n) is 4.68. The van der Waals surface area contributed by atoms with E-state index in [2.05, 4.69) is 5.32 Å². The van der Waals surface area contributed by atoms with Gasteiger partial charge in [-0.25, -0.2) is 8.42 Å². The third-order valence-corrected chi connectivity index (χ3v) is 4.99. The van der Waals surface area contributed by atoms with E-state index in [0.717, 1.165) is 17.6 Å². The maximum absolute atomic E-state index is 11.8. The van der Waals surface area contributed by atoms with Gasteiger partial charge in [-0.1, -0.05) is 0 Å². The van der Waals surface area contributed by atoms with E-state index in [4.69, 9.17) is 10.5 Å². The van der Waals surface area contributed by atoms with Crippen LogP contribution in [0.1, 0.15) is 30.4 Å². The summed E-state index contributed by atoms with van der Waals surface area (Å²) in [6, 6.07) is 0. The lowest BCUT2D eigenvalue weighted by molar-refractivity contribution is 0.0870. The Balaban J connectivity index is 3.00. The summed E-state index contributed by atoms with van der Waals surface area (Å²) < 4.78 is 29.0. The van der Waals surface area contributed by atoms with Crippen LogP contribution in [0.2, 0.25) is 0 Å². The Kier molecular flexibility index (Phi) is 5.55. The first-order valence-electron chi connectivity index (χ1n) is 6.13. The molecule has 0 saturated heterocycles. The molecule has 8 heteroatoms. The number of sulfone groups is 1. The normalized spacial score (nSPS) is 11.8. The lowest BCUT2D eigenvalue weighted by Gasteiger charge is -2.09. The van der Waals surface area contributed by atoms with Crippen molar-refractivity contribution < 1.29 is 17.9 Å². The summed E-state index contributed by atoms with van der Waals surface area (Å²) in [5.74, 6) is -0.246. The van der Waals surface area contributed by atoms with Gasteiger partial charge in [0.15, 0.2) is 15.6 Å². The third-order valence-electron chi connectivity index (χ3n) is 2.43. The third kappa shape index (κ3) is 4.19. The summed E-state index contributed by atoms with van der Waals surface area (Å²) in [7, 11) is -3.50. The van der Waals surface area contributed by atoms with Gasteiger partial charge in [-0.15, -0.1) is 11.3 Å². The van der Waals surface area contributed by atoms with Gasteiger partial charge in [-0.2, -0.15) is 0 Å². The molecule has 0 saturated carbocycles. The van der Waals surface area contributed by atoms with E-state index >= 15 is 0 Å². The van der Waals surface area contributed by atoms with Crippen molar-refractivity contribution in [1.29, 1.82) is 0 Å². The van der Waals surface area contributed by atoms with Crippen molar-refractivity contribution in [3.05, 3.63) is 4.88 Å². The highest BCUT2D eigenvalue weighted by molar-refractivity contribution is 7.91. The highest BCUT2D eigenvalue weighted by Gasteiger charge is 2.25. The molecule has 0 spiro atoms. The van der Waals surface area contributed by atoms with Gasteiger partial charge < -0.3 is 15.8 Å². The molecule has 1 heterocycles. The van der Waals surface area contributed by atoms with Crippen LogP contribution >= 0.6 is 11.3 Å². The number of hydrogen-bond donors (Lipinski definition) is 2. The first-order chi connectivity index (χ1) is 9.14. The highest BCUT2D eigenvalue weighted by atomic mass is 32.2. The predicted octanol–water partition coefficient (Wildman–Crippen LogP) is 1.77. The quantitative estimate of drug-likeness (QED) is 0.587. The van der Waals surface area contributed by atoms with E-state index in [0.29, 0.717) is 18.2 Å². The van der Waals surface area contributed by atoms with Crippen molar-refractivity contribution in [2.45, 2.75) is 31.8 Å². The average molecular weight is 320 g/mol. The van der Waals surface area contributed by atoms with Crippen LogP contribution in [-0.2, 0) is 14.6 Å². The van der Waals surface area contributed by atoms with Crippen LogP contribution in [0.4, 0.5) is 10.7 Å². The monoisotopic (exact) mass is 320 g/mol. The van der Waals surface area contributed by atoms with E-state index in [1.165, 1.54) is 6.92 Å². The molecule has 0 aliphatic rings. The number of hydrogen-bond acceptors (Lipinski definition) is 7. The predicted molar refractivity (Wildman–Crippen MR) is 81.4 cm³/mol. The van der Waals surface area contributed by atoms with Gasteiger partial charge in [0.05, 0.1) is 23.3 Å². The summed E-state index contributed by atoms with van der Waals surface area (Å²) in [6.07, 6.45) is 1.18. The molecule has 1 aromatic heterocycles. The molecule has 0 radical (unpaired) electrons. The number of anilines is 2. The molecule has 0 amide bonds. The Morgan fingerprint density at radius 1 is 1.45 bits per heavy atom. The molecule has 0 aromatic carbocycles. The zero-order chi connectivity index (χ0) is 15.5. The van der Waals surface area contributed by atoms with Crippen molar-refractivity contribution in [1.82, 2.24) is 0 Å². The zero-order valence-electron chi connectivity index (χ0n) is 12.0. The fraction of sp³-hybridized carbons (Fsp3) is 0.583. The number of carbonyl (C=O) groups excluding carboxylic acids is 1. The van der Waals surface area contributed by atoms with E-state index in [9.17, 15) is 13.2 Å². The summed E-state index contributed by atoms with van der Waals surface area (Å²) in [5, 5.41) is 3.36. The Hall–Kier alpha value is -1.12. The van der Waals surface area contributed by atoms with Crippen LogP contribution in [0.3, 0.4) is 0 Å². The van der Waals surface area contributed by atoms with Crippen LogP contribution in [0.15, 0.2) is 4.90 Å². The van der Waals surface area contributed by atoms with Crippen LogP contribution in [0, 0.1) is 0 Å². The van der Waals surface area contributed by atoms with Crippen LogP contribution in [-0.4, -0.2) is 39.7 Å². The second-order valence-corrected chi connectivity index (χ2v) is 7.65. The molecule has 1 aromatic rings. The van der Waals surface area contributed by atoms with Crippen molar-refractivity contribution in [2.24, 2.45) is 0 Å². The molecule has 6 nitrogen and oxygen atoms in total. The highest BCUT2D eigenvalue weighted by Crippen LogP contribution is 2.39. The molecule has 3 N–H and O–H groups in total. The van der Waals surface area contributed by atoms with Gasteiger partial charge >= 0.3 is 0 Å². The zero-order valence-corrected chi connectivity index (χ0v) is 13.7. The SMILES string of the molecule is CC(=O)c1sc(NCCOC(C)C)c(S(C)(=O)=O)c1N. The van der Waals surface area contributed by atoms with Gasteiger partial charge in [0.25, 0.3) is 0 Å². The largest absolute Gasteiger partial charge is 0.396 e. The number of nitrogen functional groups attached to an aromatic ring is 1. The summed E-state index contributed by atoms with van der Waals surface area (Å²) in [4.78, 5) is 11.7. The smallest absolute Gasteiger partial charge is 0.180 e. The minimum atomic E-state index is -3.50. The minimum absolute atomic E-state index is 0.00255. The van der Waals surface area contributed by atoms with Gasteiger partial charge in [-0.3, -0.25) is 4.79 Å². The number of ether oxygens (including phenoxy) is 1. The van der Waals surface area contributed by atoms with Gasteiger partial charge in [0.2, 0.25) is 0 Å². The van der Waals surface area contributed by atoms with E-state index in [-0.39, 0.29) is 27.3 Å². The fourth-order valence-corrected chi connectivity index (χ4v) is 4.12. The van der Waals surface area contributed by atoms with Crippen molar-refractivity contribution in [3.63, 3.8) is 0 Å². The lowest BCUT2D eigenvalue weighted by Crippen LogP contribution is -2.14. The number of carbonyl (C=O) groups is 1. The molecular formula is C12H20N2O4S2. The molecule has 1 rings (SSSR count). The summed E-state index contributed by atoms with van der Waals surface area (Å²) >= 11 is 1.06. The molecule has 20 heavy (non-hydrogen) atoms. The van der Waals surface area contributed by atoms with Gasteiger partial charge in [0, 0.05) is 19.7 Å². The molecular weight excluding hydrogens is 300 g/mol.